The van der Waals surface area contributed by atoms with Gasteiger partial charge in [0.15, 0.2) is 47.6 Å². The smallest absolute Gasteiger partial charge is 0.387 e. The number of ether oxygens (including phenoxy) is 2. The van der Waals surface area contributed by atoms with Crippen LogP contribution in [0.5, 0.6) is 0 Å². The van der Waals surface area contributed by atoms with Gasteiger partial charge in [-0.1, -0.05) is 0 Å². The van der Waals surface area contributed by atoms with E-state index in [2.05, 4.69) is 38.5 Å². The lowest BCUT2D eigenvalue weighted by Gasteiger charge is -2.18. The molecule has 4 aromatic heterocycles. The van der Waals surface area contributed by atoms with Gasteiger partial charge in [-0.15, -0.1) is 4.30 Å². The molecule has 0 bridgehead atoms. The Morgan fingerprint density at radius 2 is 1.30 bits per heavy atom. The van der Waals surface area contributed by atoms with Crippen molar-refractivity contribution in [3.63, 3.8) is 0 Å². The lowest BCUT2D eigenvalue weighted by atomic mass is 10.1. The Labute approximate surface area is 292 Å². The monoisotopic (exact) mass is 835 g/mol. The van der Waals surface area contributed by atoms with Gasteiger partial charge in [-0.2, -0.15) is 13.2 Å². The Morgan fingerprint density at radius 3 is 1.87 bits per heavy atom. The first-order valence-electron chi connectivity index (χ1n) is 14.5. The number of aromatic nitrogens is 8. The maximum atomic E-state index is 13.6. The second-order valence-electron chi connectivity index (χ2n) is 11.2. The van der Waals surface area contributed by atoms with Crippen molar-refractivity contribution >= 4 is 65.3 Å². The molecule has 3 aliphatic heterocycles. The first kappa shape index (κ1) is 38.3. The highest BCUT2D eigenvalue weighted by Gasteiger charge is 2.78. The Kier molecular flexibility index (Phi) is 9.86. The van der Waals surface area contributed by atoms with Crippen LogP contribution < -0.4 is 11.5 Å². The van der Waals surface area contributed by atoms with Gasteiger partial charge in [-0.3, -0.25) is 13.7 Å². The standard InChI is InChI=1S/C20H26N10O19P4/c21-15-9-17(25-3-23-15)29(5-27-9)19-12(32)11(31)7(44-19)1-43-53(41)46-49(53)14-8(2-42-51(37,38)48-52(39,40)47-50(34,35)36)45-20(13(14)33)30-6-28-10-16(22)24-4-26-18(10)30/h3-8,11-14,19-20,31-33H,1-2H2,(H7-,21,22,23,24,25,26,34,35,36,37,38,39,40)/p+1/t7-,8-,11-,12-,13-,14-,19-,20-,53-/m1/s1. The summed E-state index contributed by atoms with van der Waals surface area (Å²) in [6, 6.07) is 0. The fraction of sp³-hybridized carbons (Fsp3) is 0.500. The van der Waals surface area contributed by atoms with Crippen LogP contribution in [0.4, 0.5) is 11.6 Å². The number of fused-ring (bicyclic) bond motifs is 2. The number of nitrogens with two attached hydrogens (primary N) is 2. The molecule has 29 nitrogen and oxygen atoms in total. The van der Waals surface area contributed by atoms with E-state index in [4.69, 9.17) is 44.4 Å². The molecule has 3 fully saturated rings. The van der Waals surface area contributed by atoms with E-state index >= 15 is 0 Å². The number of hydrogen-bond acceptors (Lipinski definition) is 22. The first-order valence-corrected chi connectivity index (χ1v) is 20.4. The molecule has 0 aromatic carbocycles. The minimum atomic E-state index is -5.90. The van der Waals surface area contributed by atoms with Crippen molar-refractivity contribution in [1.29, 1.82) is 0 Å². The van der Waals surface area contributed by atoms with Crippen LogP contribution in [0.3, 0.4) is 0 Å². The number of rotatable bonds is 13. The van der Waals surface area contributed by atoms with Crippen LogP contribution in [0, 0.1) is 0 Å². The van der Waals surface area contributed by atoms with Crippen molar-refractivity contribution in [2.45, 2.75) is 49.1 Å². The molecule has 2 unspecified atom stereocenters. The van der Waals surface area contributed by atoms with Crippen molar-refractivity contribution in [3.05, 3.63) is 25.3 Å². The van der Waals surface area contributed by atoms with Crippen LogP contribution in [-0.4, -0.2) is 124 Å². The Morgan fingerprint density at radius 1 is 0.755 bits per heavy atom. The molecule has 11 N–H and O–H groups in total. The Bertz CT molecular complexity index is 2240. The molecule has 3 saturated heterocycles. The maximum Gasteiger partial charge on any atom is 0.742 e. The number of phosphoric ester groups is 1. The summed E-state index contributed by atoms with van der Waals surface area (Å²) in [5.41, 5.74) is 12.1. The third-order valence-corrected chi connectivity index (χ3v) is 13.0. The lowest BCUT2D eigenvalue weighted by molar-refractivity contribution is -0.225. The molecule has 53 heavy (non-hydrogen) atoms. The summed E-state index contributed by atoms with van der Waals surface area (Å²) in [6.45, 7) is -1.83. The van der Waals surface area contributed by atoms with Gasteiger partial charge in [0.05, 0.1) is 30.5 Å². The molecular formula is C20H27N10O19P4+. The van der Waals surface area contributed by atoms with Crippen LogP contribution in [0.1, 0.15) is 12.5 Å². The van der Waals surface area contributed by atoms with Gasteiger partial charge in [0.25, 0.3) is 6.10 Å². The fourth-order valence-corrected chi connectivity index (χ4v) is 10.0. The molecule has 7 heterocycles. The molecule has 0 radical (unpaired) electrons. The summed E-state index contributed by atoms with van der Waals surface area (Å²) in [6.07, 6.45) is -7.89. The van der Waals surface area contributed by atoms with E-state index in [-0.39, 0.29) is 34.0 Å². The zero-order valence-electron chi connectivity index (χ0n) is 25.9. The van der Waals surface area contributed by atoms with E-state index in [1.165, 1.54) is 10.9 Å². The van der Waals surface area contributed by atoms with E-state index in [0.29, 0.717) is 0 Å². The number of nitrogen functional groups attached to an aromatic ring is 2. The summed E-state index contributed by atoms with van der Waals surface area (Å²) in [7, 11) is -21.8. The van der Waals surface area contributed by atoms with Gasteiger partial charge in [-0.05, 0) is 0 Å². The van der Waals surface area contributed by atoms with E-state index in [1.807, 2.05) is 0 Å². The average Bonchev–Trinajstić information content (AvgIpc) is 3.48. The topological polar surface area (TPSA) is 420 Å². The van der Waals surface area contributed by atoms with Gasteiger partial charge >= 0.3 is 31.3 Å². The zero-order valence-corrected chi connectivity index (χ0v) is 29.5. The van der Waals surface area contributed by atoms with Crippen LogP contribution >= 0.6 is 31.3 Å². The molecule has 0 spiro atoms. The first-order chi connectivity index (χ1) is 24.8. The highest BCUT2D eigenvalue weighted by molar-refractivity contribution is 7.66. The molecule has 0 aliphatic carbocycles. The highest BCUT2D eigenvalue weighted by Crippen LogP contribution is 2.76. The van der Waals surface area contributed by atoms with Gasteiger partial charge in [0.1, 0.15) is 42.0 Å². The Balaban J connectivity index is 1.08. The van der Waals surface area contributed by atoms with Crippen molar-refractivity contribution in [2.75, 3.05) is 24.7 Å². The SMILES string of the molecule is Nc1ncnc2c1ncn2[C@@H]1O[C@H](CO[P@]2(=O)O[O+]2[C@H]2[C@@H](O)[C@H](n3cnc4c(N)ncnc43)O[C@@H]2COP(=O)(O)OP(=O)(O)OP(=O)(O)O)[C@@H](O)[C@H]1O. The molecule has 7 rings (SSSR count). The van der Waals surface area contributed by atoms with Crippen LogP contribution in [0.25, 0.3) is 22.3 Å². The third-order valence-electron chi connectivity index (χ3n) is 7.79. The summed E-state index contributed by atoms with van der Waals surface area (Å²) in [5.74, 6) is -0.00657. The van der Waals surface area contributed by atoms with Crippen LogP contribution in [-0.2, 0) is 54.4 Å². The number of phosphoric acid groups is 3. The number of anilines is 2. The van der Waals surface area contributed by atoms with E-state index in [1.54, 1.807) is 4.30 Å². The van der Waals surface area contributed by atoms with Crippen molar-refractivity contribution in [3.8, 4) is 0 Å². The number of aliphatic hydroxyl groups excluding tert-OH is 3. The molecular weight excluding hydrogens is 808 g/mol. The zero-order chi connectivity index (χ0) is 38.2. The number of imidazole rings is 2. The molecule has 290 valence electrons. The van der Waals surface area contributed by atoms with Crippen molar-refractivity contribution in [2.24, 2.45) is 0 Å². The molecule has 0 saturated carbocycles. The van der Waals surface area contributed by atoms with Crippen LogP contribution in [0.15, 0.2) is 25.3 Å². The average molecular weight is 835 g/mol. The van der Waals surface area contributed by atoms with Crippen molar-refractivity contribution in [1.82, 2.24) is 39.0 Å². The summed E-state index contributed by atoms with van der Waals surface area (Å²) in [5, 5.41) is 32.9. The van der Waals surface area contributed by atoms with Gasteiger partial charge in [-0.25, -0.2) is 48.1 Å². The minimum Gasteiger partial charge on any atom is -0.387 e. The number of aliphatic hydroxyl groups is 3. The van der Waals surface area contributed by atoms with Gasteiger partial charge < -0.3 is 55.8 Å². The lowest BCUT2D eigenvalue weighted by Crippen LogP contribution is -2.37. The number of hydrogen-bond donors (Lipinski definition) is 9. The normalized spacial score (nSPS) is 33.0. The second kappa shape index (κ2) is 13.6. The molecule has 33 heteroatoms. The minimum absolute atomic E-state index is 0.0327. The second-order valence-corrected chi connectivity index (χ2v) is 17.3. The summed E-state index contributed by atoms with van der Waals surface area (Å²) in [4.78, 5) is 61.0. The predicted molar refractivity (Wildman–Crippen MR) is 165 cm³/mol. The predicted octanol–water partition coefficient (Wildman–Crippen LogP) is -1.96. The van der Waals surface area contributed by atoms with Crippen LogP contribution in [0.2, 0.25) is 0 Å². The Hall–Kier alpha value is -2.98. The molecule has 11 atom stereocenters. The number of nitrogens with zero attached hydrogens (tertiary/aromatic N) is 8. The third kappa shape index (κ3) is 7.52. The maximum absolute atomic E-state index is 13.6. The van der Waals surface area contributed by atoms with Crippen molar-refractivity contribution < 1.29 is 89.3 Å². The van der Waals surface area contributed by atoms with Gasteiger partial charge in [0.2, 0.25) is 0 Å². The highest BCUT2D eigenvalue weighted by atomic mass is 31.3. The molecule has 3 aliphatic rings. The van der Waals surface area contributed by atoms with Gasteiger partial charge in [0, 0.05) is 0 Å². The van der Waals surface area contributed by atoms with E-state index in [9.17, 15) is 43.4 Å². The quantitative estimate of drug-likeness (QED) is 0.0305. The summed E-state index contributed by atoms with van der Waals surface area (Å²) >= 11 is 0. The largest absolute Gasteiger partial charge is 0.742 e. The van der Waals surface area contributed by atoms with E-state index in [0.717, 1.165) is 23.5 Å². The fourth-order valence-electron chi connectivity index (χ4n) is 5.53. The summed E-state index contributed by atoms with van der Waals surface area (Å²) < 4.78 is 87.3. The molecule has 0 amide bonds. The molecule has 4 aromatic rings. The van der Waals surface area contributed by atoms with E-state index < -0.39 is 93.6 Å².